The first-order valence-corrected chi connectivity index (χ1v) is 23.1. The second kappa shape index (κ2) is 17.2. The molecule has 1 saturated carbocycles. The van der Waals surface area contributed by atoms with Crippen molar-refractivity contribution in [2.45, 2.75) is 83.4 Å². The van der Waals surface area contributed by atoms with E-state index >= 15 is 0 Å². The maximum absolute atomic E-state index is 14.4. The molecule has 2 aliphatic carbocycles. The van der Waals surface area contributed by atoms with Crippen molar-refractivity contribution in [2.75, 3.05) is 20.8 Å². The third-order valence-electron chi connectivity index (χ3n) is 12.4. The standard InChI is InChI=1S/C46H59NO6SSi/c1-33(34(2)54(49,50)47(30-35-18-23-40(51-6)24-19-35)31-36-20-25-41(52-7)26-21-36)38-28-39(29-38)45(48)44-27-22-37(44)32-53-55(46(3,4)5,42-14-10-8-11-15-42)43-16-12-9-13-17-43/h8-21,23-26,28,33-34,37-38,44-45,48H,22,27,29-32H2,1-7H3/t33?,34?,37-,38?,44+,45?/m0/s1. The normalized spacial score (nSPS) is 20.5. The molecule has 1 fully saturated rings. The number of hydrogen-bond acceptors (Lipinski definition) is 6. The zero-order valence-corrected chi connectivity index (χ0v) is 35.3. The Hall–Kier alpha value is -3.73. The lowest BCUT2D eigenvalue weighted by atomic mass is 9.65. The van der Waals surface area contributed by atoms with Crippen molar-refractivity contribution in [1.82, 2.24) is 4.31 Å². The number of benzene rings is 4. The third-order valence-corrected chi connectivity index (χ3v) is 19.7. The summed E-state index contributed by atoms with van der Waals surface area (Å²) in [5.74, 6) is 1.79. The highest BCUT2D eigenvalue weighted by Gasteiger charge is 2.51. The number of methoxy groups -OCH3 is 2. The Balaban J connectivity index is 1.14. The molecular formula is C46H59NO6SSi. The molecule has 0 amide bonds. The zero-order valence-electron chi connectivity index (χ0n) is 33.5. The Morgan fingerprint density at radius 3 is 1.64 bits per heavy atom. The first-order valence-electron chi connectivity index (χ1n) is 19.7. The quantitative estimate of drug-likeness (QED) is 0.0865. The molecule has 6 atom stereocenters. The van der Waals surface area contributed by atoms with Crippen molar-refractivity contribution in [3.05, 3.63) is 132 Å². The van der Waals surface area contributed by atoms with Gasteiger partial charge in [-0.2, -0.15) is 4.31 Å². The van der Waals surface area contributed by atoms with Crippen molar-refractivity contribution >= 4 is 28.7 Å². The minimum absolute atomic E-state index is 0.0742. The monoisotopic (exact) mass is 781 g/mol. The molecule has 9 heteroatoms. The van der Waals surface area contributed by atoms with Crippen LogP contribution in [0, 0.1) is 23.7 Å². The highest BCUT2D eigenvalue weighted by atomic mass is 32.2. The topological polar surface area (TPSA) is 85.3 Å². The van der Waals surface area contributed by atoms with E-state index in [0.29, 0.717) is 13.0 Å². The second-order valence-corrected chi connectivity index (χ2v) is 23.2. The predicted molar refractivity (Wildman–Crippen MR) is 225 cm³/mol. The fourth-order valence-electron chi connectivity index (χ4n) is 8.52. The largest absolute Gasteiger partial charge is 0.497 e. The molecule has 55 heavy (non-hydrogen) atoms. The maximum atomic E-state index is 14.4. The summed E-state index contributed by atoms with van der Waals surface area (Å²) in [5, 5.41) is 13.5. The van der Waals surface area contributed by atoms with Crippen molar-refractivity contribution in [1.29, 1.82) is 0 Å². The van der Waals surface area contributed by atoms with Crippen LogP contribution < -0.4 is 19.8 Å². The first kappa shape index (κ1) is 40.9. The van der Waals surface area contributed by atoms with Gasteiger partial charge in [0.2, 0.25) is 10.0 Å². The molecule has 7 nitrogen and oxygen atoms in total. The molecule has 0 spiro atoms. The number of hydrogen-bond donors (Lipinski definition) is 1. The molecule has 0 bridgehead atoms. The number of ether oxygens (including phenoxy) is 2. The molecule has 4 aromatic rings. The average Bonchev–Trinajstić information content (AvgIpc) is 3.15. The summed E-state index contributed by atoms with van der Waals surface area (Å²) in [4.78, 5) is 0. The van der Waals surface area contributed by atoms with E-state index in [1.54, 1.807) is 18.5 Å². The molecule has 4 unspecified atom stereocenters. The van der Waals surface area contributed by atoms with Gasteiger partial charge in [0.05, 0.1) is 25.6 Å². The summed E-state index contributed by atoms with van der Waals surface area (Å²) < 4.78 is 48.4. The molecule has 0 aromatic heterocycles. The Kier molecular flexibility index (Phi) is 12.8. The zero-order chi connectivity index (χ0) is 39.4. The lowest BCUT2D eigenvalue weighted by molar-refractivity contribution is 0.00403. The van der Waals surface area contributed by atoms with Gasteiger partial charge in [0.25, 0.3) is 8.32 Å². The SMILES string of the molecule is COc1ccc(CN(Cc2ccc(OC)cc2)S(=O)(=O)C(C)C(C)C2C=C(C(O)[C@@H]3CC[C@H]3CO[Si](c3ccccc3)(c3ccccc3)C(C)(C)C)C2)cc1. The maximum Gasteiger partial charge on any atom is 0.261 e. The lowest BCUT2D eigenvalue weighted by Crippen LogP contribution is -2.67. The molecular weight excluding hydrogens is 723 g/mol. The van der Waals surface area contributed by atoms with Crippen LogP contribution in [0.4, 0.5) is 0 Å². The average molecular weight is 782 g/mol. The lowest BCUT2D eigenvalue weighted by Gasteiger charge is -2.48. The van der Waals surface area contributed by atoms with Crippen LogP contribution in [-0.4, -0.2) is 58.3 Å². The van der Waals surface area contributed by atoms with Crippen LogP contribution in [-0.2, 0) is 27.5 Å². The van der Waals surface area contributed by atoms with Crippen LogP contribution in [0.2, 0.25) is 5.04 Å². The molecule has 0 aliphatic heterocycles. The molecule has 6 rings (SSSR count). The molecule has 0 heterocycles. The number of aliphatic hydroxyl groups is 1. The number of rotatable bonds is 17. The third kappa shape index (κ3) is 8.66. The highest BCUT2D eigenvalue weighted by Crippen LogP contribution is 2.46. The fourth-order valence-corrected chi connectivity index (χ4v) is 15.0. The van der Waals surface area contributed by atoms with Gasteiger partial charge in [-0.3, -0.25) is 0 Å². The number of nitrogens with zero attached hydrogens (tertiary/aromatic N) is 1. The minimum atomic E-state index is -3.72. The van der Waals surface area contributed by atoms with E-state index in [-0.39, 0.29) is 41.8 Å². The van der Waals surface area contributed by atoms with Gasteiger partial charge in [-0.1, -0.05) is 119 Å². The molecule has 2 aliphatic rings. The highest BCUT2D eigenvalue weighted by molar-refractivity contribution is 7.89. The summed E-state index contributed by atoms with van der Waals surface area (Å²) in [5.41, 5.74) is 2.82. The minimum Gasteiger partial charge on any atom is -0.497 e. The Morgan fingerprint density at radius 2 is 1.24 bits per heavy atom. The van der Waals surface area contributed by atoms with E-state index in [4.69, 9.17) is 13.9 Å². The summed E-state index contributed by atoms with van der Waals surface area (Å²) >= 11 is 0. The Bertz CT molecular complexity index is 1890. The van der Waals surface area contributed by atoms with E-state index in [2.05, 4.69) is 87.5 Å². The van der Waals surface area contributed by atoms with E-state index in [0.717, 1.165) is 41.0 Å². The van der Waals surface area contributed by atoms with Gasteiger partial charge in [0.15, 0.2) is 0 Å². The van der Waals surface area contributed by atoms with E-state index in [1.165, 1.54) is 10.4 Å². The van der Waals surface area contributed by atoms with Crippen molar-refractivity contribution < 1.29 is 27.4 Å². The van der Waals surface area contributed by atoms with Gasteiger partial charge < -0.3 is 19.0 Å². The van der Waals surface area contributed by atoms with Crippen molar-refractivity contribution in [3.8, 4) is 11.5 Å². The fraction of sp³-hybridized carbons (Fsp3) is 0.435. The molecule has 4 aromatic carbocycles. The van der Waals surface area contributed by atoms with Gasteiger partial charge in [0, 0.05) is 19.7 Å². The van der Waals surface area contributed by atoms with Crippen LogP contribution >= 0.6 is 0 Å². The predicted octanol–water partition coefficient (Wildman–Crippen LogP) is 7.97. The van der Waals surface area contributed by atoms with Crippen LogP contribution in [0.5, 0.6) is 11.5 Å². The van der Waals surface area contributed by atoms with Crippen LogP contribution in [0.1, 0.15) is 65.0 Å². The van der Waals surface area contributed by atoms with Crippen LogP contribution in [0.3, 0.4) is 0 Å². The van der Waals surface area contributed by atoms with Gasteiger partial charge in [-0.25, -0.2) is 8.42 Å². The summed E-state index contributed by atoms with van der Waals surface area (Å²) in [6, 6.07) is 36.5. The number of sulfonamides is 1. The van der Waals surface area contributed by atoms with Crippen LogP contribution in [0.25, 0.3) is 0 Å². The molecule has 0 saturated heterocycles. The molecule has 294 valence electrons. The van der Waals surface area contributed by atoms with E-state index < -0.39 is 29.7 Å². The summed E-state index contributed by atoms with van der Waals surface area (Å²) in [7, 11) is -3.15. The Labute approximate surface area is 330 Å². The second-order valence-electron chi connectivity index (χ2n) is 16.6. The molecule has 0 radical (unpaired) electrons. The first-order chi connectivity index (χ1) is 26.3. The van der Waals surface area contributed by atoms with Gasteiger partial charge in [0.1, 0.15) is 11.5 Å². The van der Waals surface area contributed by atoms with Crippen LogP contribution in [0.15, 0.2) is 121 Å². The molecule has 1 N–H and O–H groups in total. The van der Waals surface area contributed by atoms with Crippen molar-refractivity contribution in [2.24, 2.45) is 23.7 Å². The Morgan fingerprint density at radius 1 is 0.764 bits per heavy atom. The number of aliphatic hydroxyl groups excluding tert-OH is 1. The summed E-state index contributed by atoms with van der Waals surface area (Å²) in [6.07, 6.45) is 4.30. The number of allylic oxidation sites excluding steroid dienone is 1. The van der Waals surface area contributed by atoms with Gasteiger partial charge >= 0.3 is 0 Å². The van der Waals surface area contributed by atoms with Crippen molar-refractivity contribution in [3.63, 3.8) is 0 Å². The summed E-state index contributed by atoms with van der Waals surface area (Å²) in [6.45, 7) is 11.9. The van der Waals surface area contributed by atoms with Gasteiger partial charge in [-0.15, -0.1) is 0 Å². The van der Waals surface area contributed by atoms with E-state index in [1.807, 2.05) is 62.4 Å². The van der Waals surface area contributed by atoms with E-state index in [9.17, 15) is 13.5 Å². The van der Waals surface area contributed by atoms with Gasteiger partial charge in [-0.05, 0) is 106 Å². The smallest absolute Gasteiger partial charge is 0.261 e.